The molecule has 0 aliphatic rings. The summed E-state index contributed by atoms with van der Waals surface area (Å²) in [5, 5.41) is 11.2. The van der Waals surface area contributed by atoms with E-state index in [0.717, 1.165) is 0 Å². The van der Waals surface area contributed by atoms with Crippen molar-refractivity contribution in [3.8, 4) is 0 Å². The molecule has 0 unspecified atom stereocenters. The van der Waals surface area contributed by atoms with Crippen LogP contribution in [0, 0.1) is 5.92 Å². The second-order valence-electron chi connectivity index (χ2n) is 4.27. The summed E-state index contributed by atoms with van der Waals surface area (Å²) < 4.78 is 4.58. The van der Waals surface area contributed by atoms with Crippen LogP contribution in [-0.4, -0.2) is 36.1 Å². The molecule has 0 heterocycles. The van der Waals surface area contributed by atoms with Crippen LogP contribution in [0.25, 0.3) is 0 Å². The van der Waals surface area contributed by atoms with Crippen LogP contribution in [0.2, 0.25) is 0 Å². The molecule has 0 spiro atoms. The Balaban J connectivity index is 4.98. The number of carbonyl (C=O) groups excluding carboxylic acids is 2. The van der Waals surface area contributed by atoms with Gasteiger partial charge in [0.15, 0.2) is 0 Å². The van der Waals surface area contributed by atoms with Crippen molar-refractivity contribution in [2.75, 3.05) is 7.11 Å². The average molecular weight is 257 g/mol. The van der Waals surface area contributed by atoms with Gasteiger partial charge < -0.3 is 15.2 Å². The highest BCUT2D eigenvalue weighted by molar-refractivity contribution is 6.02. The van der Waals surface area contributed by atoms with Gasteiger partial charge in [-0.15, -0.1) is 0 Å². The van der Waals surface area contributed by atoms with Gasteiger partial charge in [-0.3, -0.25) is 4.79 Å². The lowest BCUT2D eigenvalue weighted by Crippen LogP contribution is -2.45. The summed E-state index contributed by atoms with van der Waals surface area (Å²) in [6.07, 6.45) is 0. The van der Waals surface area contributed by atoms with E-state index in [2.05, 4.69) is 10.1 Å². The van der Waals surface area contributed by atoms with E-state index in [-0.39, 0.29) is 17.1 Å². The second-order valence-corrected chi connectivity index (χ2v) is 4.27. The van der Waals surface area contributed by atoms with Gasteiger partial charge in [0, 0.05) is 11.1 Å². The first-order valence-electron chi connectivity index (χ1n) is 5.51. The van der Waals surface area contributed by atoms with E-state index in [0.29, 0.717) is 0 Å². The molecule has 0 rings (SSSR count). The number of carboxylic acid groups (broad SMARTS) is 1. The Kier molecular flexibility index (Phi) is 6.08. The fraction of sp³-hybridized carbons (Fsp3) is 0.583. The SMILES string of the molecule is COC(=O)[C@@H](NC(=O)C(C)=C(C)C(=O)O)C(C)C. The number of carboxylic acids is 1. The molecule has 0 aromatic heterocycles. The summed E-state index contributed by atoms with van der Waals surface area (Å²) in [5.74, 6) is -2.46. The zero-order valence-corrected chi connectivity index (χ0v) is 11.2. The molecule has 0 aromatic rings. The minimum Gasteiger partial charge on any atom is -0.478 e. The maximum Gasteiger partial charge on any atom is 0.331 e. The maximum atomic E-state index is 11.8. The molecular weight excluding hydrogens is 238 g/mol. The average Bonchev–Trinajstić information content (AvgIpc) is 2.32. The molecule has 0 bridgehead atoms. The third-order valence-corrected chi connectivity index (χ3v) is 2.63. The van der Waals surface area contributed by atoms with Crippen LogP contribution in [0.3, 0.4) is 0 Å². The number of esters is 1. The first-order valence-corrected chi connectivity index (χ1v) is 5.51. The van der Waals surface area contributed by atoms with Gasteiger partial charge in [0.1, 0.15) is 6.04 Å². The van der Waals surface area contributed by atoms with E-state index < -0.39 is 23.9 Å². The van der Waals surface area contributed by atoms with E-state index in [1.165, 1.54) is 21.0 Å². The summed E-state index contributed by atoms with van der Waals surface area (Å²) >= 11 is 0. The van der Waals surface area contributed by atoms with Gasteiger partial charge in [-0.1, -0.05) is 13.8 Å². The Morgan fingerprint density at radius 1 is 1.11 bits per heavy atom. The molecule has 6 nitrogen and oxygen atoms in total. The lowest BCUT2D eigenvalue weighted by Gasteiger charge is -2.20. The third-order valence-electron chi connectivity index (χ3n) is 2.63. The van der Waals surface area contributed by atoms with Gasteiger partial charge in [0.25, 0.3) is 0 Å². The predicted octanol–water partition coefficient (Wildman–Crippen LogP) is 0.721. The van der Waals surface area contributed by atoms with Crippen LogP contribution in [0.5, 0.6) is 0 Å². The Morgan fingerprint density at radius 3 is 1.94 bits per heavy atom. The molecule has 0 aromatic carbocycles. The molecule has 1 amide bonds. The molecule has 0 saturated carbocycles. The van der Waals surface area contributed by atoms with E-state index in [4.69, 9.17) is 5.11 Å². The first kappa shape index (κ1) is 16.1. The van der Waals surface area contributed by atoms with Gasteiger partial charge in [-0.2, -0.15) is 0 Å². The number of ether oxygens (including phenoxy) is 1. The summed E-state index contributed by atoms with van der Waals surface area (Å²) in [6, 6.07) is -0.793. The lowest BCUT2D eigenvalue weighted by molar-refractivity contribution is -0.145. The van der Waals surface area contributed by atoms with Gasteiger partial charge in [-0.25, -0.2) is 9.59 Å². The molecule has 0 fully saturated rings. The summed E-state index contributed by atoms with van der Waals surface area (Å²) in [6.45, 7) is 6.24. The van der Waals surface area contributed by atoms with Gasteiger partial charge in [0.05, 0.1) is 7.11 Å². The maximum absolute atomic E-state index is 11.8. The standard InChI is InChI=1S/C12H19NO5/c1-6(2)9(12(17)18-5)13-10(14)7(3)8(4)11(15)16/h6,9H,1-5H3,(H,13,14)(H,15,16)/t9-/m0/s1. The van der Waals surface area contributed by atoms with Crippen molar-refractivity contribution in [2.24, 2.45) is 5.92 Å². The second kappa shape index (κ2) is 6.78. The predicted molar refractivity (Wildman–Crippen MR) is 64.8 cm³/mol. The van der Waals surface area contributed by atoms with E-state index in [9.17, 15) is 14.4 Å². The van der Waals surface area contributed by atoms with Crippen molar-refractivity contribution < 1.29 is 24.2 Å². The van der Waals surface area contributed by atoms with Crippen molar-refractivity contribution in [1.82, 2.24) is 5.32 Å². The van der Waals surface area contributed by atoms with E-state index in [1.54, 1.807) is 13.8 Å². The van der Waals surface area contributed by atoms with Crippen molar-refractivity contribution >= 4 is 17.8 Å². The number of amides is 1. The number of hydrogen-bond acceptors (Lipinski definition) is 4. The first-order chi connectivity index (χ1) is 8.22. The fourth-order valence-corrected chi connectivity index (χ4v) is 1.20. The lowest BCUT2D eigenvalue weighted by atomic mass is 10.0. The zero-order valence-electron chi connectivity index (χ0n) is 11.2. The smallest absolute Gasteiger partial charge is 0.331 e. The zero-order chi connectivity index (χ0) is 14.5. The molecule has 0 radical (unpaired) electrons. The Hall–Kier alpha value is -1.85. The third kappa shape index (κ3) is 4.20. The van der Waals surface area contributed by atoms with Crippen LogP contribution in [0.4, 0.5) is 0 Å². The van der Waals surface area contributed by atoms with Crippen LogP contribution >= 0.6 is 0 Å². The largest absolute Gasteiger partial charge is 0.478 e. The molecular formula is C12H19NO5. The topological polar surface area (TPSA) is 92.7 Å². The van der Waals surface area contributed by atoms with Gasteiger partial charge in [0.2, 0.25) is 5.91 Å². The Bertz CT molecular complexity index is 384. The molecule has 0 aliphatic heterocycles. The fourth-order valence-electron chi connectivity index (χ4n) is 1.20. The molecule has 6 heteroatoms. The van der Waals surface area contributed by atoms with Crippen molar-refractivity contribution in [2.45, 2.75) is 33.7 Å². The van der Waals surface area contributed by atoms with Gasteiger partial charge >= 0.3 is 11.9 Å². The number of methoxy groups -OCH3 is 1. The normalized spacial score (nSPS) is 13.7. The van der Waals surface area contributed by atoms with Crippen LogP contribution in [0.1, 0.15) is 27.7 Å². The van der Waals surface area contributed by atoms with Crippen molar-refractivity contribution in [1.29, 1.82) is 0 Å². The molecule has 2 N–H and O–H groups in total. The molecule has 102 valence electrons. The summed E-state index contributed by atoms with van der Waals surface area (Å²) in [4.78, 5) is 34.0. The van der Waals surface area contributed by atoms with Gasteiger partial charge in [-0.05, 0) is 19.8 Å². The summed E-state index contributed by atoms with van der Waals surface area (Å²) in [5.41, 5.74) is 0.0110. The number of carbonyl (C=O) groups is 3. The number of rotatable bonds is 5. The van der Waals surface area contributed by atoms with E-state index in [1.807, 2.05) is 0 Å². The van der Waals surface area contributed by atoms with E-state index >= 15 is 0 Å². The highest BCUT2D eigenvalue weighted by Gasteiger charge is 2.26. The van der Waals surface area contributed by atoms with Crippen molar-refractivity contribution in [3.05, 3.63) is 11.1 Å². The molecule has 0 aliphatic carbocycles. The Labute approximate surface area is 106 Å². The van der Waals surface area contributed by atoms with Crippen LogP contribution < -0.4 is 5.32 Å². The minimum atomic E-state index is -1.16. The number of hydrogen-bond donors (Lipinski definition) is 2. The van der Waals surface area contributed by atoms with Crippen molar-refractivity contribution in [3.63, 3.8) is 0 Å². The molecule has 0 saturated heterocycles. The number of aliphatic carboxylic acids is 1. The Morgan fingerprint density at radius 2 is 1.61 bits per heavy atom. The molecule has 1 atom stereocenters. The highest BCUT2D eigenvalue weighted by atomic mass is 16.5. The quantitative estimate of drug-likeness (QED) is 0.559. The highest BCUT2D eigenvalue weighted by Crippen LogP contribution is 2.08. The molecule has 18 heavy (non-hydrogen) atoms. The van der Waals surface area contributed by atoms with Crippen LogP contribution in [-0.2, 0) is 19.1 Å². The monoisotopic (exact) mass is 257 g/mol. The van der Waals surface area contributed by atoms with Crippen LogP contribution in [0.15, 0.2) is 11.1 Å². The minimum absolute atomic E-state index is 0.0557. The summed E-state index contributed by atoms with van der Waals surface area (Å²) in [7, 11) is 1.23. The number of nitrogens with one attached hydrogen (secondary N) is 1.